The zero-order valence-electron chi connectivity index (χ0n) is 7.31. The second-order valence-corrected chi connectivity index (χ2v) is 2.50. The van der Waals surface area contributed by atoms with Gasteiger partial charge in [-0.2, -0.15) is 0 Å². The molecule has 0 bridgehead atoms. The largest absolute Gasteiger partial charge is 0.391 e. The molecule has 0 amide bonds. The quantitative estimate of drug-likeness (QED) is 0.274. The monoisotopic (exact) mass is 173 g/mol. The zero-order chi connectivity index (χ0) is 9.23. The smallest absolute Gasteiger partial charge is 0.0829 e. The molecule has 0 aliphatic carbocycles. The summed E-state index contributed by atoms with van der Waals surface area (Å²) in [5.41, 5.74) is 7.93. The Labute approximate surface area is 72.0 Å². The fourth-order valence-electron chi connectivity index (χ4n) is 0.649. The first-order valence-electron chi connectivity index (χ1n) is 4.08. The molecule has 70 valence electrons. The highest BCUT2D eigenvalue weighted by atomic mass is 16.5. The van der Waals surface area contributed by atoms with Gasteiger partial charge in [-0.05, 0) is 12.0 Å². The third kappa shape index (κ3) is 7.34. The Morgan fingerprint density at radius 1 is 1.67 bits per heavy atom. The number of aliphatic hydroxyl groups excluding tert-OH is 1. The number of rotatable bonds is 7. The van der Waals surface area contributed by atoms with E-state index in [1.807, 2.05) is 0 Å². The van der Waals surface area contributed by atoms with Gasteiger partial charge in [0.15, 0.2) is 0 Å². The molecule has 5 heteroatoms. The Balaban J connectivity index is 3.18. The van der Waals surface area contributed by atoms with Crippen LogP contribution in [0, 0.1) is 0 Å². The van der Waals surface area contributed by atoms with Crippen LogP contribution in [0.25, 0.3) is 10.4 Å². The number of unbranched alkanes of at least 4 members (excludes halogenated alkanes) is 1. The van der Waals surface area contributed by atoms with E-state index < -0.39 is 6.10 Å². The Morgan fingerprint density at radius 2 is 2.42 bits per heavy atom. The second kappa shape index (κ2) is 8.33. The van der Waals surface area contributed by atoms with Gasteiger partial charge in [0.1, 0.15) is 0 Å². The van der Waals surface area contributed by atoms with E-state index in [0.717, 1.165) is 12.8 Å². The minimum absolute atomic E-state index is 0.0859. The summed E-state index contributed by atoms with van der Waals surface area (Å²) in [6.07, 6.45) is 1.40. The fourth-order valence-corrected chi connectivity index (χ4v) is 0.649. The molecule has 0 rings (SSSR count). The van der Waals surface area contributed by atoms with Crippen molar-refractivity contribution >= 4 is 0 Å². The summed E-state index contributed by atoms with van der Waals surface area (Å²) >= 11 is 0. The highest BCUT2D eigenvalue weighted by Gasteiger charge is 2.00. The number of ether oxygens (including phenoxy) is 1. The van der Waals surface area contributed by atoms with Crippen LogP contribution in [0.4, 0.5) is 0 Å². The van der Waals surface area contributed by atoms with Gasteiger partial charge in [-0.1, -0.05) is 18.5 Å². The number of aliphatic hydroxyl groups is 1. The number of azide groups is 1. The molecule has 0 aromatic carbocycles. The van der Waals surface area contributed by atoms with Crippen molar-refractivity contribution in [3.05, 3.63) is 10.4 Å². The Bertz CT molecular complexity index is 146. The van der Waals surface area contributed by atoms with E-state index in [4.69, 9.17) is 15.4 Å². The lowest BCUT2D eigenvalue weighted by Crippen LogP contribution is -2.18. The molecule has 5 nitrogen and oxygen atoms in total. The van der Waals surface area contributed by atoms with Gasteiger partial charge in [0.2, 0.25) is 0 Å². The highest BCUT2D eigenvalue weighted by molar-refractivity contribution is 4.57. The number of hydrogen-bond acceptors (Lipinski definition) is 3. The third-order valence-electron chi connectivity index (χ3n) is 1.31. The van der Waals surface area contributed by atoms with Gasteiger partial charge >= 0.3 is 0 Å². The summed E-state index contributed by atoms with van der Waals surface area (Å²) in [5.74, 6) is 0. The summed E-state index contributed by atoms with van der Waals surface area (Å²) in [7, 11) is 0. The van der Waals surface area contributed by atoms with Gasteiger partial charge in [0.05, 0.1) is 19.3 Å². The fraction of sp³-hybridized carbons (Fsp3) is 1.00. The van der Waals surface area contributed by atoms with Crippen molar-refractivity contribution in [1.29, 1.82) is 0 Å². The summed E-state index contributed by atoms with van der Waals surface area (Å²) in [6.45, 7) is 3.06. The molecule has 0 aliphatic rings. The summed E-state index contributed by atoms with van der Waals surface area (Å²) in [4.78, 5) is 2.53. The van der Waals surface area contributed by atoms with Crippen molar-refractivity contribution < 1.29 is 9.84 Å². The molecular weight excluding hydrogens is 158 g/mol. The van der Waals surface area contributed by atoms with Gasteiger partial charge in [-0.15, -0.1) is 0 Å². The lowest BCUT2D eigenvalue weighted by Gasteiger charge is -2.07. The molecule has 0 fully saturated rings. The van der Waals surface area contributed by atoms with Gasteiger partial charge in [-0.25, -0.2) is 0 Å². The van der Waals surface area contributed by atoms with Gasteiger partial charge in [0, 0.05) is 11.5 Å². The Morgan fingerprint density at radius 3 is 3.00 bits per heavy atom. The third-order valence-corrected chi connectivity index (χ3v) is 1.31. The van der Waals surface area contributed by atoms with Crippen LogP contribution in [0.2, 0.25) is 0 Å². The number of hydrogen-bond donors (Lipinski definition) is 1. The standard InChI is InChI=1S/C7H15N3O2/c1-2-3-4-12-6-7(11)5-9-10-8/h7,11H,2-6H2,1H3/t7-/m1/s1. The summed E-state index contributed by atoms with van der Waals surface area (Å²) < 4.78 is 5.10. The van der Waals surface area contributed by atoms with Crippen molar-refractivity contribution in [1.82, 2.24) is 0 Å². The molecule has 0 aromatic rings. The first-order valence-corrected chi connectivity index (χ1v) is 4.08. The average molecular weight is 173 g/mol. The Kier molecular flexibility index (Phi) is 7.79. The maximum absolute atomic E-state index is 9.09. The Hall–Kier alpha value is -0.770. The summed E-state index contributed by atoms with van der Waals surface area (Å²) in [6, 6.07) is 0. The van der Waals surface area contributed by atoms with Crippen LogP contribution in [0.5, 0.6) is 0 Å². The van der Waals surface area contributed by atoms with E-state index in [0.29, 0.717) is 6.61 Å². The van der Waals surface area contributed by atoms with Crippen molar-refractivity contribution in [2.75, 3.05) is 19.8 Å². The first-order chi connectivity index (χ1) is 5.81. The SMILES string of the molecule is CCCCOC[C@H](O)CN=[N+]=[N-]. The molecule has 0 spiro atoms. The molecule has 1 atom stereocenters. The molecular formula is C7H15N3O2. The van der Waals surface area contributed by atoms with Crippen LogP contribution in [-0.4, -0.2) is 31.0 Å². The molecule has 0 aromatic heterocycles. The topological polar surface area (TPSA) is 78.2 Å². The van der Waals surface area contributed by atoms with Crippen LogP contribution in [0.15, 0.2) is 5.11 Å². The molecule has 0 saturated carbocycles. The first kappa shape index (κ1) is 11.2. The molecule has 0 saturated heterocycles. The second-order valence-electron chi connectivity index (χ2n) is 2.50. The molecule has 0 unspecified atom stereocenters. The normalized spacial score (nSPS) is 12.2. The molecule has 1 N–H and O–H groups in total. The molecule has 0 heterocycles. The van der Waals surface area contributed by atoms with Gasteiger partial charge in [0.25, 0.3) is 0 Å². The van der Waals surface area contributed by atoms with E-state index in [1.165, 1.54) is 0 Å². The van der Waals surface area contributed by atoms with Crippen molar-refractivity contribution in [2.45, 2.75) is 25.9 Å². The number of nitrogens with zero attached hydrogens (tertiary/aromatic N) is 3. The zero-order valence-corrected chi connectivity index (χ0v) is 7.31. The van der Waals surface area contributed by atoms with Crippen molar-refractivity contribution in [2.24, 2.45) is 5.11 Å². The maximum Gasteiger partial charge on any atom is 0.0829 e. The lowest BCUT2D eigenvalue weighted by molar-refractivity contribution is 0.0402. The van der Waals surface area contributed by atoms with E-state index in [9.17, 15) is 0 Å². The van der Waals surface area contributed by atoms with Gasteiger partial charge in [-0.3, -0.25) is 0 Å². The predicted molar refractivity (Wildman–Crippen MR) is 45.7 cm³/mol. The average Bonchev–Trinajstić information content (AvgIpc) is 2.09. The predicted octanol–water partition coefficient (Wildman–Crippen LogP) is 1.47. The van der Waals surface area contributed by atoms with Crippen LogP contribution in [0.3, 0.4) is 0 Å². The molecule has 0 radical (unpaired) electrons. The maximum atomic E-state index is 9.09. The minimum atomic E-state index is -0.669. The van der Waals surface area contributed by atoms with Crippen molar-refractivity contribution in [3.8, 4) is 0 Å². The van der Waals surface area contributed by atoms with Crippen LogP contribution < -0.4 is 0 Å². The van der Waals surface area contributed by atoms with Crippen molar-refractivity contribution in [3.63, 3.8) is 0 Å². The van der Waals surface area contributed by atoms with Crippen LogP contribution in [0.1, 0.15) is 19.8 Å². The highest BCUT2D eigenvalue weighted by Crippen LogP contribution is 1.91. The van der Waals surface area contributed by atoms with E-state index in [2.05, 4.69) is 16.9 Å². The molecule has 12 heavy (non-hydrogen) atoms. The van der Waals surface area contributed by atoms with E-state index in [1.54, 1.807) is 0 Å². The van der Waals surface area contributed by atoms with Crippen LogP contribution >= 0.6 is 0 Å². The minimum Gasteiger partial charge on any atom is -0.391 e. The van der Waals surface area contributed by atoms with Gasteiger partial charge < -0.3 is 9.84 Å². The molecule has 0 aliphatic heterocycles. The lowest BCUT2D eigenvalue weighted by atomic mass is 10.3. The van der Waals surface area contributed by atoms with Crippen LogP contribution in [-0.2, 0) is 4.74 Å². The van der Waals surface area contributed by atoms with E-state index in [-0.39, 0.29) is 13.2 Å². The summed E-state index contributed by atoms with van der Waals surface area (Å²) in [5, 5.41) is 12.3. The van der Waals surface area contributed by atoms with E-state index >= 15 is 0 Å².